The molecular weight excluding hydrogens is 363 g/mol. The number of anilines is 1. The fourth-order valence-electron chi connectivity index (χ4n) is 3.23. The first-order chi connectivity index (χ1) is 12.0. The van der Waals surface area contributed by atoms with Gasteiger partial charge in [0.2, 0.25) is 5.91 Å². The predicted octanol–water partition coefficient (Wildman–Crippen LogP) is 2.67. The van der Waals surface area contributed by atoms with Gasteiger partial charge in [0.25, 0.3) is 0 Å². The minimum atomic E-state index is -0.190. The Labute approximate surface area is 157 Å². The maximum absolute atomic E-state index is 12.5. The summed E-state index contributed by atoms with van der Waals surface area (Å²) < 4.78 is 0. The van der Waals surface area contributed by atoms with E-state index >= 15 is 0 Å². The molecule has 2 aliphatic rings. The van der Waals surface area contributed by atoms with Crippen molar-refractivity contribution in [1.29, 1.82) is 0 Å². The first-order valence-electron chi connectivity index (χ1n) is 8.55. The summed E-state index contributed by atoms with van der Waals surface area (Å²) in [7, 11) is 0. The predicted molar refractivity (Wildman–Crippen MR) is 99.2 cm³/mol. The fourth-order valence-corrected chi connectivity index (χ4v) is 3.53. The van der Waals surface area contributed by atoms with Crippen molar-refractivity contribution in [2.24, 2.45) is 5.92 Å². The van der Waals surface area contributed by atoms with Crippen molar-refractivity contribution in [2.45, 2.75) is 12.8 Å². The maximum Gasteiger partial charge on any atom is 0.321 e. The SMILES string of the molecule is O=C(Nc1ccc(Cl)c(Cl)c1)N1CCN(C(=O)[C@@H]2CCCNC2)CC1. The molecule has 2 fully saturated rings. The lowest BCUT2D eigenvalue weighted by Gasteiger charge is -2.37. The van der Waals surface area contributed by atoms with E-state index in [0.29, 0.717) is 41.9 Å². The van der Waals surface area contributed by atoms with Crippen LogP contribution in [0.2, 0.25) is 10.0 Å². The minimum Gasteiger partial charge on any atom is -0.339 e. The summed E-state index contributed by atoms with van der Waals surface area (Å²) in [5, 5.41) is 6.94. The summed E-state index contributed by atoms with van der Waals surface area (Å²) >= 11 is 11.8. The van der Waals surface area contributed by atoms with Crippen molar-refractivity contribution < 1.29 is 9.59 Å². The van der Waals surface area contributed by atoms with Gasteiger partial charge in [-0.05, 0) is 37.6 Å². The molecule has 0 saturated carbocycles. The lowest BCUT2D eigenvalue weighted by molar-refractivity contribution is -0.137. The Morgan fingerprint density at radius 2 is 1.80 bits per heavy atom. The topological polar surface area (TPSA) is 64.7 Å². The Morgan fingerprint density at radius 1 is 1.08 bits per heavy atom. The molecule has 2 heterocycles. The molecule has 1 aromatic rings. The molecule has 2 saturated heterocycles. The average molecular weight is 385 g/mol. The summed E-state index contributed by atoms with van der Waals surface area (Å²) in [6, 6.07) is 4.79. The second kappa shape index (κ2) is 8.25. The van der Waals surface area contributed by atoms with Gasteiger partial charge in [0, 0.05) is 38.4 Å². The van der Waals surface area contributed by atoms with Gasteiger partial charge in [-0.2, -0.15) is 0 Å². The van der Waals surface area contributed by atoms with Crippen LogP contribution >= 0.6 is 23.2 Å². The number of carbonyl (C=O) groups is 2. The van der Waals surface area contributed by atoms with Gasteiger partial charge in [-0.3, -0.25) is 4.79 Å². The zero-order chi connectivity index (χ0) is 17.8. The Hall–Kier alpha value is -1.50. The quantitative estimate of drug-likeness (QED) is 0.823. The number of hydrogen-bond donors (Lipinski definition) is 2. The number of amides is 3. The highest BCUT2D eigenvalue weighted by atomic mass is 35.5. The smallest absolute Gasteiger partial charge is 0.321 e. The van der Waals surface area contributed by atoms with Crippen LogP contribution in [0.25, 0.3) is 0 Å². The molecule has 8 heteroatoms. The van der Waals surface area contributed by atoms with E-state index in [0.717, 1.165) is 25.9 Å². The van der Waals surface area contributed by atoms with Gasteiger partial charge in [-0.15, -0.1) is 0 Å². The minimum absolute atomic E-state index is 0.0744. The van der Waals surface area contributed by atoms with Gasteiger partial charge >= 0.3 is 6.03 Å². The zero-order valence-corrected chi connectivity index (χ0v) is 15.4. The molecule has 2 N–H and O–H groups in total. The molecule has 2 aliphatic heterocycles. The Balaban J connectivity index is 1.50. The zero-order valence-electron chi connectivity index (χ0n) is 13.9. The number of rotatable bonds is 2. The number of hydrogen-bond acceptors (Lipinski definition) is 3. The molecule has 0 aromatic heterocycles. The highest BCUT2D eigenvalue weighted by Gasteiger charge is 2.29. The molecule has 1 atom stereocenters. The van der Waals surface area contributed by atoms with Crippen molar-refractivity contribution in [2.75, 3.05) is 44.6 Å². The first kappa shape index (κ1) is 18.3. The monoisotopic (exact) mass is 384 g/mol. The highest BCUT2D eigenvalue weighted by molar-refractivity contribution is 6.42. The molecular formula is C17H22Cl2N4O2. The van der Waals surface area contributed by atoms with Gasteiger partial charge in [0.1, 0.15) is 0 Å². The average Bonchev–Trinajstić information content (AvgIpc) is 2.65. The molecule has 0 unspecified atom stereocenters. The third-order valence-electron chi connectivity index (χ3n) is 4.70. The Morgan fingerprint density at radius 3 is 2.44 bits per heavy atom. The lowest BCUT2D eigenvalue weighted by Crippen LogP contribution is -2.54. The van der Waals surface area contributed by atoms with Gasteiger partial charge in [-0.1, -0.05) is 23.2 Å². The van der Waals surface area contributed by atoms with Crippen LogP contribution in [0.4, 0.5) is 10.5 Å². The van der Waals surface area contributed by atoms with Crippen molar-refractivity contribution in [1.82, 2.24) is 15.1 Å². The van der Waals surface area contributed by atoms with Gasteiger partial charge in [-0.25, -0.2) is 4.79 Å². The number of nitrogens with zero attached hydrogens (tertiary/aromatic N) is 2. The third kappa shape index (κ3) is 4.57. The summed E-state index contributed by atoms with van der Waals surface area (Å²) in [6.45, 7) is 3.95. The highest BCUT2D eigenvalue weighted by Crippen LogP contribution is 2.25. The number of benzene rings is 1. The molecule has 0 bridgehead atoms. The van der Waals surface area contributed by atoms with Crippen LogP contribution in [-0.2, 0) is 4.79 Å². The van der Waals surface area contributed by atoms with Crippen LogP contribution in [0, 0.1) is 5.92 Å². The van der Waals surface area contributed by atoms with Crippen LogP contribution < -0.4 is 10.6 Å². The summed E-state index contributed by atoms with van der Waals surface area (Å²) in [5.74, 6) is 0.280. The molecule has 0 aliphatic carbocycles. The van der Waals surface area contributed by atoms with E-state index < -0.39 is 0 Å². The lowest BCUT2D eigenvalue weighted by atomic mass is 9.98. The summed E-state index contributed by atoms with van der Waals surface area (Å²) in [4.78, 5) is 28.5. The number of nitrogens with one attached hydrogen (secondary N) is 2. The van der Waals surface area contributed by atoms with E-state index in [2.05, 4.69) is 10.6 Å². The first-order valence-corrected chi connectivity index (χ1v) is 9.30. The van der Waals surface area contributed by atoms with Crippen molar-refractivity contribution in [3.8, 4) is 0 Å². The molecule has 3 rings (SSSR count). The van der Waals surface area contributed by atoms with Crippen molar-refractivity contribution >= 4 is 40.8 Å². The van der Waals surface area contributed by atoms with Crippen molar-refractivity contribution in [3.63, 3.8) is 0 Å². The van der Waals surface area contributed by atoms with Crippen molar-refractivity contribution in [3.05, 3.63) is 28.2 Å². The molecule has 0 spiro atoms. The second-order valence-electron chi connectivity index (χ2n) is 6.41. The summed E-state index contributed by atoms with van der Waals surface area (Å²) in [6.07, 6.45) is 1.99. The summed E-state index contributed by atoms with van der Waals surface area (Å²) in [5.41, 5.74) is 0.603. The number of piperazine rings is 1. The van der Waals surface area contributed by atoms with Crippen LogP contribution in [0.15, 0.2) is 18.2 Å². The molecule has 25 heavy (non-hydrogen) atoms. The van der Waals surface area contributed by atoms with Crippen LogP contribution in [0.1, 0.15) is 12.8 Å². The maximum atomic E-state index is 12.5. The fraction of sp³-hybridized carbons (Fsp3) is 0.529. The molecule has 6 nitrogen and oxygen atoms in total. The second-order valence-corrected chi connectivity index (χ2v) is 7.23. The molecule has 3 amide bonds. The van der Waals surface area contributed by atoms with E-state index in [9.17, 15) is 9.59 Å². The number of halogens is 2. The van der Waals surface area contributed by atoms with Gasteiger partial charge in [0.05, 0.1) is 16.0 Å². The van der Waals surface area contributed by atoms with Crippen LogP contribution in [0.5, 0.6) is 0 Å². The number of carbonyl (C=O) groups excluding carboxylic acids is 2. The van der Waals surface area contributed by atoms with Gasteiger partial charge in [0.15, 0.2) is 0 Å². The van der Waals surface area contributed by atoms with E-state index in [4.69, 9.17) is 23.2 Å². The number of piperidine rings is 1. The Bertz CT molecular complexity index is 642. The standard InChI is InChI=1S/C17H22Cl2N4O2/c18-14-4-3-13(10-15(14)19)21-17(25)23-8-6-22(7-9-23)16(24)12-2-1-5-20-11-12/h3-4,10,12,20H,1-2,5-9,11H2,(H,21,25)/t12-/m1/s1. The molecule has 0 radical (unpaired) electrons. The van der Waals surface area contributed by atoms with E-state index in [1.807, 2.05) is 4.90 Å². The molecule has 136 valence electrons. The third-order valence-corrected chi connectivity index (χ3v) is 5.43. The van der Waals surface area contributed by atoms with E-state index in [1.165, 1.54) is 0 Å². The number of urea groups is 1. The van der Waals surface area contributed by atoms with Crippen LogP contribution in [-0.4, -0.2) is 61.0 Å². The largest absolute Gasteiger partial charge is 0.339 e. The molecule has 1 aromatic carbocycles. The normalized spacial score (nSPS) is 21.1. The van der Waals surface area contributed by atoms with Crippen LogP contribution in [0.3, 0.4) is 0 Å². The Kier molecular flexibility index (Phi) is 6.04. The van der Waals surface area contributed by atoms with Gasteiger partial charge < -0.3 is 20.4 Å². The van der Waals surface area contributed by atoms with E-state index in [-0.39, 0.29) is 17.9 Å². The van der Waals surface area contributed by atoms with E-state index in [1.54, 1.807) is 23.1 Å².